The van der Waals surface area contributed by atoms with Crippen molar-refractivity contribution in [2.75, 3.05) is 0 Å². The largest absolute Gasteiger partial charge is 0.481 e. The Morgan fingerprint density at radius 1 is 0.921 bits per heavy atom. The average Bonchev–Trinajstić information content (AvgIpc) is 3.42. The first-order chi connectivity index (χ1) is 17.6. The smallest absolute Gasteiger partial charge is 0.356 e. The number of aromatic nitrogens is 2. The van der Waals surface area contributed by atoms with E-state index in [1.165, 1.54) is 0 Å². The summed E-state index contributed by atoms with van der Waals surface area (Å²) in [4.78, 5) is 25.0. The summed E-state index contributed by atoms with van der Waals surface area (Å²) in [5.41, 5.74) is 2.60. The Bertz CT molecular complexity index is 1230. The van der Waals surface area contributed by atoms with Gasteiger partial charge in [-0.25, -0.2) is 4.79 Å². The van der Waals surface area contributed by atoms with E-state index in [-0.39, 0.29) is 33.3 Å². The number of hydrogen-bond acceptors (Lipinski definition) is 3. The van der Waals surface area contributed by atoms with Crippen molar-refractivity contribution < 1.29 is 19.8 Å². The van der Waals surface area contributed by atoms with Gasteiger partial charge in [-0.3, -0.25) is 9.89 Å². The number of nitrogens with zero attached hydrogens (tertiary/aromatic N) is 1. The second-order valence-corrected chi connectivity index (χ2v) is 15.3. The molecule has 0 aromatic carbocycles. The number of nitrogens with one attached hydrogen (secondary N) is 1. The van der Waals surface area contributed by atoms with Gasteiger partial charge in [-0.05, 0) is 111 Å². The van der Waals surface area contributed by atoms with E-state index in [0.717, 1.165) is 74.6 Å². The number of fused-ring (bicyclic) bond motifs is 8. The summed E-state index contributed by atoms with van der Waals surface area (Å²) >= 11 is 0. The maximum atomic E-state index is 12.9. The van der Waals surface area contributed by atoms with Gasteiger partial charge in [0.2, 0.25) is 0 Å². The van der Waals surface area contributed by atoms with E-state index in [1.807, 2.05) is 0 Å². The molecule has 0 radical (unpaired) electrons. The molecule has 0 aliphatic heterocycles. The molecule has 6 rings (SSSR count). The maximum absolute atomic E-state index is 12.9. The average molecular weight is 523 g/mol. The van der Waals surface area contributed by atoms with Crippen molar-refractivity contribution in [1.82, 2.24) is 10.2 Å². The number of carbonyl (C=O) groups is 2. The Hall–Kier alpha value is -2.11. The molecule has 6 heteroatoms. The lowest BCUT2D eigenvalue weighted by Crippen LogP contribution is -2.67. The minimum atomic E-state index is -0.945. The Morgan fingerprint density at radius 3 is 2.26 bits per heavy atom. The van der Waals surface area contributed by atoms with Gasteiger partial charge < -0.3 is 10.2 Å². The first-order valence-electron chi connectivity index (χ1n) is 14.8. The van der Waals surface area contributed by atoms with Crippen LogP contribution in [0, 0.1) is 51.2 Å². The van der Waals surface area contributed by atoms with E-state index in [0.29, 0.717) is 23.7 Å². The van der Waals surface area contributed by atoms with Gasteiger partial charge in [-0.15, -0.1) is 0 Å². The summed E-state index contributed by atoms with van der Waals surface area (Å²) in [5, 5.41) is 27.9. The van der Waals surface area contributed by atoms with E-state index in [2.05, 4.69) is 58.3 Å². The van der Waals surface area contributed by atoms with Gasteiger partial charge in [0.05, 0.1) is 5.41 Å². The van der Waals surface area contributed by atoms with Gasteiger partial charge in [-0.2, -0.15) is 5.10 Å². The van der Waals surface area contributed by atoms with Crippen LogP contribution in [0.5, 0.6) is 0 Å². The molecule has 5 aliphatic carbocycles. The second kappa shape index (κ2) is 7.75. The highest BCUT2D eigenvalue weighted by Crippen LogP contribution is 2.77. The molecule has 0 unspecified atom stereocenters. The Labute approximate surface area is 227 Å². The zero-order valence-electron chi connectivity index (χ0n) is 24.1. The quantitative estimate of drug-likeness (QED) is 0.376. The fourth-order valence-electron chi connectivity index (χ4n) is 12.1. The van der Waals surface area contributed by atoms with Gasteiger partial charge in [0, 0.05) is 16.7 Å². The number of carboxylic acid groups (broad SMARTS) is 2. The molecule has 6 nitrogen and oxygen atoms in total. The van der Waals surface area contributed by atoms with Crippen molar-refractivity contribution in [3.05, 3.63) is 29.1 Å². The molecule has 4 fully saturated rings. The lowest BCUT2D eigenvalue weighted by molar-refractivity contribution is -0.227. The minimum absolute atomic E-state index is 0.0314. The monoisotopic (exact) mass is 522 g/mol. The molecule has 1 aromatic rings. The summed E-state index contributed by atoms with van der Waals surface area (Å²) in [7, 11) is 0. The molecule has 0 amide bonds. The van der Waals surface area contributed by atoms with Crippen LogP contribution in [0.25, 0.3) is 0 Å². The molecular formula is C32H46N2O4. The lowest BCUT2D eigenvalue weighted by atomic mass is 9.32. The second-order valence-electron chi connectivity index (χ2n) is 15.3. The number of aromatic carboxylic acids is 1. The van der Waals surface area contributed by atoms with Crippen LogP contribution in [0.15, 0.2) is 12.2 Å². The number of H-pyrrole nitrogens is 1. The summed E-state index contributed by atoms with van der Waals surface area (Å²) in [5.74, 6) is 0.219. The Kier molecular flexibility index (Phi) is 5.33. The van der Waals surface area contributed by atoms with Crippen molar-refractivity contribution >= 4 is 11.9 Å². The highest BCUT2D eigenvalue weighted by molar-refractivity contribution is 5.87. The van der Waals surface area contributed by atoms with Gasteiger partial charge in [0.25, 0.3) is 0 Å². The van der Waals surface area contributed by atoms with Gasteiger partial charge in [-0.1, -0.05) is 46.8 Å². The molecule has 3 N–H and O–H groups in total. The van der Waals surface area contributed by atoms with Crippen LogP contribution in [-0.2, 0) is 16.6 Å². The van der Waals surface area contributed by atoms with E-state index in [4.69, 9.17) is 0 Å². The van der Waals surface area contributed by atoms with Crippen LogP contribution in [0.1, 0.15) is 115 Å². The molecule has 4 saturated carbocycles. The number of allylic oxidation sites excluding steroid dienone is 1. The maximum Gasteiger partial charge on any atom is 0.356 e. The topological polar surface area (TPSA) is 103 Å². The van der Waals surface area contributed by atoms with Gasteiger partial charge in [0.1, 0.15) is 0 Å². The van der Waals surface area contributed by atoms with Crippen molar-refractivity contribution in [3.8, 4) is 0 Å². The fourth-order valence-corrected chi connectivity index (χ4v) is 12.1. The van der Waals surface area contributed by atoms with Crippen molar-refractivity contribution in [2.24, 2.45) is 51.2 Å². The number of aliphatic carboxylic acids is 1. The molecule has 0 spiro atoms. The highest BCUT2D eigenvalue weighted by atomic mass is 16.4. The summed E-state index contributed by atoms with van der Waals surface area (Å²) < 4.78 is 0. The molecule has 38 heavy (non-hydrogen) atoms. The molecule has 1 aromatic heterocycles. The van der Waals surface area contributed by atoms with E-state index >= 15 is 0 Å². The molecule has 9 atom stereocenters. The van der Waals surface area contributed by atoms with Crippen molar-refractivity contribution in [3.63, 3.8) is 0 Å². The summed E-state index contributed by atoms with van der Waals surface area (Å²) in [6, 6.07) is 0. The fraction of sp³-hybridized carbons (Fsp3) is 0.781. The lowest BCUT2D eigenvalue weighted by Gasteiger charge is -2.72. The first kappa shape index (κ1) is 26.1. The van der Waals surface area contributed by atoms with Crippen molar-refractivity contribution in [2.45, 2.75) is 105 Å². The van der Waals surface area contributed by atoms with Crippen LogP contribution in [-0.4, -0.2) is 32.3 Å². The van der Waals surface area contributed by atoms with Crippen LogP contribution in [0.3, 0.4) is 0 Å². The Balaban J connectivity index is 1.45. The molecule has 208 valence electrons. The first-order valence-corrected chi connectivity index (χ1v) is 14.8. The molecular weight excluding hydrogens is 476 g/mol. The highest BCUT2D eigenvalue weighted by Gasteiger charge is 2.72. The number of carboxylic acids is 2. The van der Waals surface area contributed by atoms with Gasteiger partial charge in [0.15, 0.2) is 5.69 Å². The summed E-state index contributed by atoms with van der Waals surface area (Å²) in [6.45, 7) is 18.5. The van der Waals surface area contributed by atoms with E-state index < -0.39 is 17.4 Å². The predicted molar refractivity (Wildman–Crippen MR) is 146 cm³/mol. The van der Waals surface area contributed by atoms with Crippen LogP contribution in [0.4, 0.5) is 0 Å². The standard InChI is InChI=1S/C32H46N2O4/c1-17(2)18-10-13-32(27(37)38)15-14-30(6)20(23(18)32)8-9-22-29(5)16-19-24(26(35)36)33-34-25(19)28(3,4)21(29)11-12-31(22,30)7/h18,20-23H,1,8-16H2,2-7H3,(H,33,34)(H,35,36)(H,37,38)/t18-,20+,21-,22+,23+,29-,30+,31+,32-/m0/s1. The zero-order valence-corrected chi connectivity index (χ0v) is 24.1. The normalized spacial score (nSPS) is 46.6. The summed E-state index contributed by atoms with van der Waals surface area (Å²) in [6.07, 6.45) is 8.64. The third-order valence-electron chi connectivity index (χ3n) is 13.9. The Morgan fingerprint density at radius 2 is 1.63 bits per heavy atom. The molecule has 5 aliphatic rings. The zero-order chi connectivity index (χ0) is 27.6. The minimum Gasteiger partial charge on any atom is -0.481 e. The van der Waals surface area contributed by atoms with Gasteiger partial charge >= 0.3 is 11.9 Å². The third-order valence-corrected chi connectivity index (χ3v) is 13.9. The third kappa shape index (κ3) is 2.88. The molecule has 0 bridgehead atoms. The van der Waals surface area contributed by atoms with Crippen LogP contribution < -0.4 is 0 Å². The molecule has 1 heterocycles. The predicted octanol–water partition coefficient (Wildman–Crippen LogP) is 6.86. The van der Waals surface area contributed by atoms with Crippen LogP contribution in [0.2, 0.25) is 0 Å². The van der Waals surface area contributed by atoms with Crippen molar-refractivity contribution in [1.29, 1.82) is 0 Å². The van der Waals surface area contributed by atoms with Crippen LogP contribution >= 0.6 is 0 Å². The van der Waals surface area contributed by atoms with E-state index in [9.17, 15) is 19.8 Å². The van der Waals surface area contributed by atoms with E-state index in [1.54, 1.807) is 0 Å². The SMILES string of the molecule is C=C(C)[C@@H]1CC[C@]2(C(=O)O)CC[C@]3(C)[C@H](CC[C@@H]4[C@@]5(C)Cc6c(C(=O)O)n[nH]c6C(C)(C)[C@@H]5CC[C@]43C)[C@@H]12. The number of aromatic amines is 1. The number of rotatable bonds is 3. The number of hydrogen-bond donors (Lipinski definition) is 3. The molecule has 0 saturated heterocycles.